The lowest BCUT2D eigenvalue weighted by molar-refractivity contribution is -0.115. The number of aromatic nitrogens is 3. The van der Waals surface area contributed by atoms with Gasteiger partial charge in [0.05, 0.1) is 13.5 Å². The van der Waals surface area contributed by atoms with Gasteiger partial charge in [-0.2, -0.15) is 4.98 Å². The predicted octanol–water partition coefficient (Wildman–Crippen LogP) is 2.11. The first-order valence-electron chi connectivity index (χ1n) is 6.19. The summed E-state index contributed by atoms with van der Waals surface area (Å²) in [5.74, 6) is 1.89. The molecule has 2 aromatic rings. The zero-order valence-electron chi connectivity index (χ0n) is 11.3. The van der Waals surface area contributed by atoms with Crippen molar-refractivity contribution in [1.29, 1.82) is 0 Å². The minimum absolute atomic E-state index is 0.139. The highest BCUT2D eigenvalue weighted by molar-refractivity contribution is 7.99. The van der Waals surface area contributed by atoms with Crippen LogP contribution >= 0.6 is 11.8 Å². The number of hydrogen-bond acceptors (Lipinski definition) is 5. The lowest BCUT2D eigenvalue weighted by atomic mass is 10.1. The van der Waals surface area contributed by atoms with E-state index in [1.807, 2.05) is 31.2 Å². The number of ether oxygens (including phenoxy) is 1. The Kier molecular flexibility index (Phi) is 5.00. The van der Waals surface area contributed by atoms with E-state index >= 15 is 0 Å². The quantitative estimate of drug-likeness (QED) is 0.797. The lowest BCUT2D eigenvalue weighted by Gasteiger charge is -2.03. The highest BCUT2D eigenvalue weighted by atomic mass is 32.2. The number of benzene rings is 1. The fourth-order valence-corrected chi connectivity index (χ4v) is 2.13. The molecule has 0 unspecified atom stereocenters. The number of aromatic amines is 1. The van der Waals surface area contributed by atoms with Crippen molar-refractivity contribution < 1.29 is 9.53 Å². The van der Waals surface area contributed by atoms with Crippen LogP contribution in [0.25, 0.3) is 0 Å². The highest BCUT2D eigenvalue weighted by Gasteiger charge is 2.08. The Bertz CT molecular complexity index is 568. The second-order valence-electron chi connectivity index (χ2n) is 3.97. The normalized spacial score (nSPS) is 10.3. The molecule has 1 amide bonds. The van der Waals surface area contributed by atoms with Crippen LogP contribution in [-0.2, 0) is 11.2 Å². The van der Waals surface area contributed by atoms with Crippen molar-refractivity contribution in [3.8, 4) is 5.75 Å². The van der Waals surface area contributed by atoms with E-state index in [-0.39, 0.29) is 12.3 Å². The van der Waals surface area contributed by atoms with Crippen molar-refractivity contribution in [2.75, 3.05) is 18.2 Å². The van der Waals surface area contributed by atoms with Gasteiger partial charge < -0.3 is 4.74 Å². The molecule has 7 heteroatoms. The molecule has 0 radical (unpaired) electrons. The summed E-state index contributed by atoms with van der Waals surface area (Å²) in [6, 6.07) is 7.37. The van der Waals surface area contributed by atoms with E-state index in [1.54, 1.807) is 7.11 Å². The molecule has 1 aromatic carbocycles. The smallest absolute Gasteiger partial charge is 0.231 e. The van der Waals surface area contributed by atoms with Gasteiger partial charge >= 0.3 is 0 Å². The number of amides is 1. The SMILES string of the molecule is CCSc1n[nH]c(NC(=O)Cc2ccc(OC)cc2)n1. The van der Waals surface area contributed by atoms with Crippen molar-refractivity contribution >= 4 is 23.6 Å². The molecule has 0 atom stereocenters. The van der Waals surface area contributed by atoms with Crippen LogP contribution in [0.15, 0.2) is 29.4 Å². The number of carbonyl (C=O) groups excluding carboxylic acids is 1. The number of carbonyl (C=O) groups is 1. The summed E-state index contributed by atoms with van der Waals surface area (Å²) in [5.41, 5.74) is 0.908. The minimum atomic E-state index is -0.139. The summed E-state index contributed by atoms with van der Waals surface area (Å²) in [6.07, 6.45) is 0.279. The van der Waals surface area contributed by atoms with E-state index in [0.29, 0.717) is 11.1 Å². The molecular weight excluding hydrogens is 276 g/mol. The van der Waals surface area contributed by atoms with E-state index in [4.69, 9.17) is 4.74 Å². The Morgan fingerprint density at radius 1 is 1.40 bits per heavy atom. The minimum Gasteiger partial charge on any atom is -0.497 e. The van der Waals surface area contributed by atoms with Gasteiger partial charge in [0.1, 0.15) is 5.75 Å². The van der Waals surface area contributed by atoms with Crippen molar-refractivity contribution in [2.24, 2.45) is 0 Å². The highest BCUT2D eigenvalue weighted by Crippen LogP contribution is 2.14. The van der Waals surface area contributed by atoms with E-state index in [9.17, 15) is 4.79 Å². The lowest BCUT2D eigenvalue weighted by Crippen LogP contribution is -2.15. The monoisotopic (exact) mass is 292 g/mol. The maximum absolute atomic E-state index is 11.9. The predicted molar refractivity (Wildman–Crippen MR) is 78.1 cm³/mol. The molecule has 0 saturated heterocycles. The summed E-state index contributed by atoms with van der Waals surface area (Å²) in [5, 5.41) is 9.99. The van der Waals surface area contributed by atoms with Gasteiger partial charge in [-0.05, 0) is 23.4 Å². The van der Waals surface area contributed by atoms with E-state index < -0.39 is 0 Å². The first-order chi connectivity index (χ1) is 9.71. The van der Waals surface area contributed by atoms with Crippen molar-refractivity contribution in [1.82, 2.24) is 15.2 Å². The van der Waals surface area contributed by atoms with Gasteiger partial charge in [0.25, 0.3) is 0 Å². The first kappa shape index (κ1) is 14.4. The molecule has 1 heterocycles. The van der Waals surface area contributed by atoms with Gasteiger partial charge in [0.2, 0.25) is 17.0 Å². The molecule has 0 bridgehead atoms. The maximum atomic E-state index is 11.9. The van der Waals surface area contributed by atoms with Crippen LogP contribution in [0.2, 0.25) is 0 Å². The largest absolute Gasteiger partial charge is 0.497 e. The van der Waals surface area contributed by atoms with E-state index in [2.05, 4.69) is 20.5 Å². The molecule has 0 aliphatic heterocycles. The van der Waals surface area contributed by atoms with Gasteiger partial charge in [0.15, 0.2) is 0 Å². The number of thioether (sulfide) groups is 1. The number of anilines is 1. The van der Waals surface area contributed by atoms with Crippen LogP contribution in [0, 0.1) is 0 Å². The van der Waals surface area contributed by atoms with Gasteiger partial charge in [0, 0.05) is 0 Å². The zero-order chi connectivity index (χ0) is 14.4. The topological polar surface area (TPSA) is 79.9 Å². The molecule has 0 aliphatic rings. The van der Waals surface area contributed by atoms with Crippen molar-refractivity contribution in [2.45, 2.75) is 18.5 Å². The number of nitrogens with zero attached hydrogens (tertiary/aromatic N) is 2. The Hall–Kier alpha value is -2.02. The zero-order valence-corrected chi connectivity index (χ0v) is 12.2. The standard InChI is InChI=1S/C13H16N4O2S/c1-3-20-13-15-12(16-17-13)14-11(18)8-9-4-6-10(19-2)7-5-9/h4-7H,3,8H2,1-2H3,(H2,14,15,16,17,18). The second-order valence-corrected chi connectivity index (χ2v) is 5.20. The summed E-state index contributed by atoms with van der Waals surface area (Å²) in [7, 11) is 1.61. The fraction of sp³-hybridized carbons (Fsp3) is 0.308. The summed E-state index contributed by atoms with van der Waals surface area (Å²) in [6.45, 7) is 2.02. The number of nitrogens with one attached hydrogen (secondary N) is 2. The molecule has 20 heavy (non-hydrogen) atoms. The molecular formula is C13H16N4O2S. The third kappa shape index (κ3) is 3.99. The third-order valence-corrected chi connectivity index (χ3v) is 3.25. The molecule has 0 spiro atoms. The summed E-state index contributed by atoms with van der Waals surface area (Å²) >= 11 is 1.51. The Morgan fingerprint density at radius 2 is 2.15 bits per heavy atom. The van der Waals surface area contributed by atoms with Gasteiger partial charge in [-0.3, -0.25) is 10.1 Å². The maximum Gasteiger partial charge on any atom is 0.231 e. The Labute approximate surface area is 121 Å². The molecule has 2 rings (SSSR count). The Balaban J connectivity index is 1.90. The number of H-pyrrole nitrogens is 1. The first-order valence-corrected chi connectivity index (χ1v) is 7.17. The molecule has 106 valence electrons. The van der Waals surface area contributed by atoms with Crippen LogP contribution in [0.3, 0.4) is 0 Å². The average molecular weight is 292 g/mol. The van der Waals surface area contributed by atoms with Crippen LogP contribution in [0.4, 0.5) is 5.95 Å². The summed E-state index contributed by atoms with van der Waals surface area (Å²) in [4.78, 5) is 16.0. The fourth-order valence-electron chi connectivity index (χ4n) is 1.60. The Morgan fingerprint density at radius 3 is 2.80 bits per heavy atom. The summed E-state index contributed by atoms with van der Waals surface area (Å²) < 4.78 is 5.07. The molecule has 0 aliphatic carbocycles. The van der Waals surface area contributed by atoms with E-state index in [0.717, 1.165) is 17.1 Å². The number of rotatable bonds is 6. The van der Waals surface area contributed by atoms with Gasteiger partial charge in [-0.1, -0.05) is 30.8 Å². The molecule has 0 saturated carbocycles. The average Bonchev–Trinajstić information content (AvgIpc) is 2.87. The van der Waals surface area contributed by atoms with Crippen molar-refractivity contribution in [3.63, 3.8) is 0 Å². The van der Waals surface area contributed by atoms with Crippen LogP contribution in [0.1, 0.15) is 12.5 Å². The van der Waals surface area contributed by atoms with Crippen LogP contribution in [0.5, 0.6) is 5.75 Å². The molecule has 1 aromatic heterocycles. The van der Waals surface area contributed by atoms with E-state index in [1.165, 1.54) is 11.8 Å². The third-order valence-electron chi connectivity index (χ3n) is 2.52. The molecule has 6 nitrogen and oxygen atoms in total. The number of hydrogen-bond donors (Lipinski definition) is 2. The molecule has 2 N–H and O–H groups in total. The van der Waals surface area contributed by atoms with Crippen LogP contribution in [-0.4, -0.2) is 34.0 Å². The van der Waals surface area contributed by atoms with Gasteiger partial charge in [-0.25, -0.2) is 5.10 Å². The number of methoxy groups -OCH3 is 1. The molecule has 0 fully saturated rings. The van der Waals surface area contributed by atoms with Crippen LogP contribution < -0.4 is 10.1 Å². The second kappa shape index (κ2) is 6.95. The van der Waals surface area contributed by atoms with Gasteiger partial charge in [-0.15, -0.1) is 5.10 Å². The van der Waals surface area contributed by atoms with Crippen molar-refractivity contribution in [3.05, 3.63) is 29.8 Å².